The van der Waals surface area contributed by atoms with E-state index in [0.717, 1.165) is 19.3 Å². The molecule has 4 fully saturated rings. The summed E-state index contributed by atoms with van der Waals surface area (Å²) in [5.41, 5.74) is -0.782. The monoisotopic (exact) mass is 491 g/mol. The number of carbonyl (C=O) groups excluding carboxylic acids is 3. The van der Waals surface area contributed by atoms with Crippen molar-refractivity contribution < 1.29 is 24.0 Å². The Balaban J connectivity index is 1.29. The molecule has 0 N–H and O–H groups in total. The molecule has 0 aromatic heterocycles. The van der Waals surface area contributed by atoms with Crippen LogP contribution in [0.15, 0.2) is 0 Å². The molecule has 1 aromatic carbocycles. The second-order valence-corrected chi connectivity index (χ2v) is 10.3. The van der Waals surface area contributed by atoms with Crippen molar-refractivity contribution in [1.29, 1.82) is 0 Å². The van der Waals surface area contributed by atoms with Gasteiger partial charge in [0, 0.05) is 0 Å². The van der Waals surface area contributed by atoms with E-state index in [9.17, 15) is 14.4 Å². The van der Waals surface area contributed by atoms with E-state index in [2.05, 4.69) is 0 Å². The molecule has 1 heterocycles. The zero-order valence-corrected chi connectivity index (χ0v) is 18.7. The van der Waals surface area contributed by atoms with E-state index in [4.69, 9.17) is 56.0 Å². The van der Waals surface area contributed by atoms with Crippen molar-refractivity contribution in [1.82, 2.24) is 5.06 Å². The third kappa shape index (κ3) is 3.15. The second-order valence-electron chi connectivity index (χ2n) is 8.76. The predicted octanol–water partition coefficient (Wildman–Crippen LogP) is 5.34. The molecule has 0 saturated heterocycles. The lowest BCUT2D eigenvalue weighted by molar-refractivity contribution is -0.196. The van der Waals surface area contributed by atoms with E-state index >= 15 is 0 Å². The SMILES string of the molecule is O=C(COC12CC3CC(CC(C3)C1)C2)ON1C(=O)c2c(Cl)c(Cl)c(Cl)c(Cl)c2C1=O. The van der Waals surface area contributed by atoms with Gasteiger partial charge >= 0.3 is 5.97 Å². The van der Waals surface area contributed by atoms with E-state index in [1.54, 1.807) is 0 Å². The summed E-state index contributed by atoms with van der Waals surface area (Å²) in [7, 11) is 0. The number of carbonyl (C=O) groups is 3. The van der Waals surface area contributed by atoms with Crippen molar-refractivity contribution in [3.05, 3.63) is 31.2 Å². The second kappa shape index (κ2) is 7.24. The molecular formula is C20H17Cl4NO5. The molecule has 5 aliphatic rings. The van der Waals surface area contributed by atoms with E-state index in [1.807, 2.05) is 0 Å². The summed E-state index contributed by atoms with van der Waals surface area (Å²) < 4.78 is 6.03. The summed E-state index contributed by atoms with van der Waals surface area (Å²) >= 11 is 24.1. The molecule has 30 heavy (non-hydrogen) atoms. The first kappa shape index (κ1) is 20.8. The van der Waals surface area contributed by atoms with Crippen LogP contribution in [0.3, 0.4) is 0 Å². The van der Waals surface area contributed by atoms with E-state index < -0.39 is 17.8 Å². The third-order valence-electron chi connectivity index (χ3n) is 6.74. The number of halogens is 4. The van der Waals surface area contributed by atoms with Gasteiger partial charge in [-0.25, -0.2) is 4.79 Å². The molecule has 0 unspecified atom stereocenters. The Morgan fingerprint density at radius 3 is 1.70 bits per heavy atom. The van der Waals surface area contributed by atoms with Crippen molar-refractivity contribution in [2.75, 3.05) is 6.61 Å². The number of amides is 2. The number of hydroxylamine groups is 2. The minimum absolute atomic E-state index is 0.151. The van der Waals surface area contributed by atoms with Crippen molar-refractivity contribution in [2.24, 2.45) is 17.8 Å². The molecule has 0 radical (unpaired) electrons. The smallest absolute Gasteiger partial charge is 0.358 e. The molecule has 6 rings (SSSR count). The first-order valence-electron chi connectivity index (χ1n) is 9.78. The molecule has 2 amide bonds. The summed E-state index contributed by atoms with van der Waals surface area (Å²) in [6.07, 6.45) is 6.57. The van der Waals surface area contributed by atoms with Gasteiger partial charge in [-0.3, -0.25) is 9.59 Å². The Kier molecular flexibility index (Phi) is 5.03. The summed E-state index contributed by atoms with van der Waals surface area (Å²) in [4.78, 5) is 42.8. The number of rotatable bonds is 4. The first-order chi connectivity index (χ1) is 14.2. The number of imide groups is 1. The maximum atomic E-state index is 12.6. The number of nitrogens with zero attached hydrogens (tertiary/aromatic N) is 1. The van der Waals surface area contributed by atoms with Gasteiger partial charge in [0.25, 0.3) is 11.8 Å². The zero-order chi connectivity index (χ0) is 21.4. The van der Waals surface area contributed by atoms with Crippen LogP contribution in [0.2, 0.25) is 20.1 Å². The molecule has 160 valence electrons. The minimum atomic E-state index is -0.927. The fraction of sp³-hybridized carbons (Fsp3) is 0.550. The van der Waals surface area contributed by atoms with Crippen LogP contribution in [-0.2, 0) is 14.4 Å². The highest BCUT2D eigenvalue weighted by Gasteiger charge is 2.52. The topological polar surface area (TPSA) is 72.9 Å². The lowest BCUT2D eigenvalue weighted by Gasteiger charge is -2.56. The Hall–Kier alpha value is -1.05. The zero-order valence-electron chi connectivity index (χ0n) is 15.7. The number of hydrogen-bond donors (Lipinski definition) is 0. The normalized spacial score (nSPS) is 31.5. The largest absolute Gasteiger partial charge is 0.363 e. The van der Waals surface area contributed by atoms with Crippen molar-refractivity contribution >= 4 is 64.2 Å². The first-order valence-corrected chi connectivity index (χ1v) is 11.3. The van der Waals surface area contributed by atoms with Crippen LogP contribution < -0.4 is 0 Å². The molecule has 10 heteroatoms. The highest BCUT2D eigenvalue weighted by molar-refractivity contribution is 6.55. The number of fused-ring (bicyclic) bond motifs is 1. The summed E-state index contributed by atoms with van der Waals surface area (Å²) in [5.74, 6) is -0.733. The fourth-order valence-electron chi connectivity index (χ4n) is 5.96. The average Bonchev–Trinajstić information content (AvgIpc) is 2.93. The minimum Gasteiger partial charge on any atom is -0.363 e. The molecule has 0 atom stereocenters. The molecular weight excluding hydrogens is 476 g/mol. The fourth-order valence-corrected chi connectivity index (χ4v) is 6.97. The van der Waals surface area contributed by atoms with Gasteiger partial charge in [-0.05, 0) is 56.3 Å². The summed E-state index contributed by atoms with van der Waals surface area (Å²) in [6.45, 7) is -0.345. The van der Waals surface area contributed by atoms with Gasteiger partial charge in [-0.1, -0.05) is 51.5 Å². The molecule has 4 aliphatic carbocycles. The maximum Gasteiger partial charge on any atom is 0.358 e. The molecule has 0 spiro atoms. The molecule has 4 bridgehead atoms. The van der Waals surface area contributed by atoms with Crippen LogP contribution >= 0.6 is 46.4 Å². The van der Waals surface area contributed by atoms with Gasteiger partial charge in [0.1, 0.15) is 6.61 Å². The molecule has 1 aromatic rings. The number of benzene rings is 1. The molecule has 1 aliphatic heterocycles. The van der Waals surface area contributed by atoms with Gasteiger partial charge in [-0.15, -0.1) is 0 Å². The highest BCUT2D eigenvalue weighted by Crippen LogP contribution is 2.57. The third-order valence-corrected chi connectivity index (χ3v) is 8.54. The maximum absolute atomic E-state index is 12.6. The van der Waals surface area contributed by atoms with Gasteiger partial charge in [0.2, 0.25) is 0 Å². The lowest BCUT2D eigenvalue weighted by Crippen LogP contribution is -2.52. The van der Waals surface area contributed by atoms with Crippen LogP contribution in [0.25, 0.3) is 0 Å². The van der Waals surface area contributed by atoms with Crippen molar-refractivity contribution in [3.63, 3.8) is 0 Å². The Bertz CT molecular complexity index is 912. The number of hydrogen-bond acceptors (Lipinski definition) is 5. The van der Waals surface area contributed by atoms with Crippen molar-refractivity contribution in [3.8, 4) is 0 Å². The number of ether oxygens (including phenoxy) is 1. The van der Waals surface area contributed by atoms with Gasteiger partial charge in [0.05, 0.1) is 36.8 Å². The Morgan fingerprint density at radius 2 is 1.27 bits per heavy atom. The van der Waals surface area contributed by atoms with E-state index in [1.165, 1.54) is 19.3 Å². The average molecular weight is 493 g/mol. The summed E-state index contributed by atoms with van der Waals surface area (Å²) in [6, 6.07) is 0. The highest BCUT2D eigenvalue weighted by atomic mass is 35.5. The standard InChI is InChI=1S/C20H17Cl4NO5/c21-14-12-13(15(22)17(24)16(14)23)19(28)25(18(12)27)30-11(26)7-29-20-4-8-1-9(5-20)3-10(2-8)6-20/h8-10H,1-7H2. The van der Waals surface area contributed by atoms with Crippen LogP contribution in [0.4, 0.5) is 0 Å². The quantitative estimate of drug-likeness (QED) is 0.322. The van der Waals surface area contributed by atoms with E-state index in [0.29, 0.717) is 22.8 Å². The van der Waals surface area contributed by atoms with Crippen LogP contribution in [-0.4, -0.2) is 35.1 Å². The van der Waals surface area contributed by atoms with Crippen molar-refractivity contribution in [2.45, 2.75) is 44.1 Å². The Labute approximate surface area is 192 Å². The Morgan fingerprint density at radius 1 is 0.833 bits per heavy atom. The van der Waals surface area contributed by atoms with Gasteiger partial charge in [-0.2, -0.15) is 0 Å². The molecule has 6 nitrogen and oxygen atoms in total. The van der Waals surface area contributed by atoms with Crippen LogP contribution in [0.5, 0.6) is 0 Å². The van der Waals surface area contributed by atoms with E-state index in [-0.39, 0.29) is 43.4 Å². The summed E-state index contributed by atoms with van der Waals surface area (Å²) in [5, 5.41) is -0.408. The molecule has 4 saturated carbocycles. The van der Waals surface area contributed by atoms with Crippen LogP contribution in [0, 0.1) is 17.8 Å². The lowest BCUT2D eigenvalue weighted by atomic mass is 9.54. The van der Waals surface area contributed by atoms with Gasteiger partial charge in [0.15, 0.2) is 0 Å². The van der Waals surface area contributed by atoms with Gasteiger partial charge < -0.3 is 9.57 Å². The van der Waals surface area contributed by atoms with Crippen LogP contribution in [0.1, 0.15) is 59.2 Å². The predicted molar refractivity (Wildman–Crippen MR) is 110 cm³/mol.